The van der Waals surface area contributed by atoms with E-state index in [-0.39, 0.29) is 0 Å². The Balaban J connectivity index is 1.63. The predicted octanol–water partition coefficient (Wildman–Crippen LogP) is 2.76. The van der Waals surface area contributed by atoms with Crippen LogP contribution in [0.4, 0.5) is 5.69 Å². The number of amides is 2. The summed E-state index contributed by atoms with van der Waals surface area (Å²) in [6.07, 6.45) is 2.73. The number of rotatable bonds is 6. The predicted molar refractivity (Wildman–Crippen MR) is 104 cm³/mol. The molecule has 0 bridgehead atoms. The zero-order chi connectivity index (χ0) is 20.1. The highest BCUT2D eigenvalue weighted by Gasteiger charge is 2.19. The summed E-state index contributed by atoms with van der Waals surface area (Å²) >= 11 is 0. The van der Waals surface area contributed by atoms with Crippen LogP contribution < -0.4 is 11.1 Å². The standard InChI is InChI=1S/C21H19N3O4/c1-14(20(26)23-17-9-7-15(8-10-17)19(22)25)28-21(27)16-5-4-6-18(13-16)24-11-2-3-12-24/h2-14H,1H3,(H2,22,25)(H,23,26)/t14-/m1/s1. The van der Waals surface area contributed by atoms with Gasteiger partial charge in [0.2, 0.25) is 5.91 Å². The van der Waals surface area contributed by atoms with Crippen molar-refractivity contribution >= 4 is 23.5 Å². The summed E-state index contributed by atoms with van der Waals surface area (Å²) in [5.41, 5.74) is 7.13. The molecular formula is C21H19N3O4. The summed E-state index contributed by atoms with van der Waals surface area (Å²) in [7, 11) is 0. The van der Waals surface area contributed by atoms with Crippen molar-refractivity contribution in [3.05, 3.63) is 84.2 Å². The maximum atomic E-state index is 12.4. The van der Waals surface area contributed by atoms with Crippen molar-refractivity contribution in [1.82, 2.24) is 4.57 Å². The summed E-state index contributed by atoms with van der Waals surface area (Å²) in [4.78, 5) is 35.7. The average Bonchev–Trinajstić information content (AvgIpc) is 3.23. The molecule has 0 aliphatic rings. The van der Waals surface area contributed by atoms with Crippen molar-refractivity contribution in [2.24, 2.45) is 5.73 Å². The van der Waals surface area contributed by atoms with E-state index >= 15 is 0 Å². The number of nitrogens with two attached hydrogens (primary N) is 1. The molecule has 28 heavy (non-hydrogen) atoms. The molecule has 0 fully saturated rings. The lowest BCUT2D eigenvalue weighted by Gasteiger charge is -2.14. The molecule has 7 nitrogen and oxygen atoms in total. The van der Waals surface area contributed by atoms with Gasteiger partial charge in [-0.1, -0.05) is 6.07 Å². The van der Waals surface area contributed by atoms with Gasteiger partial charge in [-0.3, -0.25) is 9.59 Å². The molecule has 3 N–H and O–H groups in total. The first-order chi connectivity index (χ1) is 13.4. The number of carbonyl (C=O) groups is 3. The maximum absolute atomic E-state index is 12.4. The van der Waals surface area contributed by atoms with E-state index in [0.717, 1.165) is 5.69 Å². The number of hydrogen-bond donors (Lipinski definition) is 2. The second kappa shape index (κ2) is 8.22. The van der Waals surface area contributed by atoms with E-state index in [2.05, 4.69) is 5.32 Å². The van der Waals surface area contributed by atoms with E-state index in [1.807, 2.05) is 35.2 Å². The van der Waals surface area contributed by atoms with Gasteiger partial charge in [0.1, 0.15) is 0 Å². The summed E-state index contributed by atoms with van der Waals surface area (Å²) in [5.74, 6) is -1.63. The van der Waals surface area contributed by atoms with Gasteiger partial charge in [-0.05, 0) is 61.5 Å². The van der Waals surface area contributed by atoms with Gasteiger partial charge in [0.05, 0.1) is 5.56 Å². The van der Waals surface area contributed by atoms with Gasteiger partial charge < -0.3 is 20.4 Å². The first kappa shape index (κ1) is 18.9. The van der Waals surface area contributed by atoms with Crippen LogP contribution in [-0.4, -0.2) is 28.5 Å². The van der Waals surface area contributed by atoms with E-state index in [1.54, 1.807) is 30.3 Å². The van der Waals surface area contributed by atoms with Crippen molar-refractivity contribution in [3.63, 3.8) is 0 Å². The van der Waals surface area contributed by atoms with Gasteiger partial charge >= 0.3 is 5.97 Å². The quantitative estimate of drug-likeness (QED) is 0.645. The second-order valence-corrected chi connectivity index (χ2v) is 6.12. The number of nitrogens with one attached hydrogen (secondary N) is 1. The summed E-state index contributed by atoms with van der Waals surface area (Å²) in [6.45, 7) is 1.49. The Labute approximate surface area is 161 Å². The molecule has 0 aliphatic carbocycles. The van der Waals surface area contributed by atoms with Gasteiger partial charge in [0.25, 0.3) is 5.91 Å². The Morgan fingerprint density at radius 3 is 2.29 bits per heavy atom. The Kier molecular flexibility index (Phi) is 5.55. The molecular weight excluding hydrogens is 358 g/mol. The molecule has 7 heteroatoms. The van der Waals surface area contributed by atoms with Crippen molar-refractivity contribution in [3.8, 4) is 5.69 Å². The molecule has 0 saturated carbocycles. The summed E-state index contributed by atoms with van der Waals surface area (Å²) in [6, 6.07) is 16.8. The van der Waals surface area contributed by atoms with E-state index < -0.39 is 23.9 Å². The van der Waals surface area contributed by atoms with Crippen LogP contribution in [0.1, 0.15) is 27.6 Å². The molecule has 1 atom stereocenters. The van der Waals surface area contributed by atoms with Crippen LogP contribution >= 0.6 is 0 Å². The largest absolute Gasteiger partial charge is 0.449 e. The van der Waals surface area contributed by atoms with Crippen LogP contribution in [0, 0.1) is 0 Å². The minimum atomic E-state index is -1.00. The Morgan fingerprint density at radius 1 is 0.964 bits per heavy atom. The number of ether oxygens (including phenoxy) is 1. The van der Waals surface area contributed by atoms with Gasteiger partial charge in [0, 0.05) is 29.3 Å². The zero-order valence-corrected chi connectivity index (χ0v) is 15.2. The Hall–Kier alpha value is -3.87. The van der Waals surface area contributed by atoms with Gasteiger partial charge in [0.15, 0.2) is 6.10 Å². The summed E-state index contributed by atoms with van der Waals surface area (Å²) < 4.78 is 7.13. The van der Waals surface area contributed by atoms with Crippen molar-refractivity contribution < 1.29 is 19.1 Å². The molecule has 0 spiro atoms. The van der Waals surface area contributed by atoms with Crippen LogP contribution in [0.3, 0.4) is 0 Å². The number of benzene rings is 2. The normalized spacial score (nSPS) is 11.5. The monoisotopic (exact) mass is 377 g/mol. The number of hydrogen-bond acceptors (Lipinski definition) is 4. The Bertz CT molecular complexity index is 995. The van der Waals surface area contributed by atoms with Gasteiger partial charge in [-0.25, -0.2) is 4.79 Å². The van der Waals surface area contributed by atoms with E-state index in [9.17, 15) is 14.4 Å². The van der Waals surface area contributed by atoms with Crippen LogP contribution in [0.5, 0.6) is 0 Å². The first-order valence-electron chi connectivity index (χ1n) is 8.59. The third kappa shape index (κ3) is 4.45. The molecule has 3 rings (SSSR count). The minimum absolute atomic E-state index is 0.333. The van der Waals surface area contributed by atoms with Crippen molar-refractivity contribution in [2.45, 2.75) is 13.0 Å². The topological polar surface area (TPSA) is 103 Å². The molecule has 3 aromatic rings. The molecule has 2 aromatic carbocycles. The molecule has 1 aromatic heterocycles. The molecule has 2 amide bonds. The van der Waals surface area contributed by atoms with Crippen LogP contribution in [0.15, 0.2) is 73.1 Å². The highest BCUT2D eigenvalue weighted by atomic mass is 16.5. The molecule has 0 aliphatic heterocycles. The lowest BCUT2D eigenvalue weighted by molar-refractivity contribution is -0.123. The molecule has 0 unspecified atom stereocenters. The smallest absolute Gasteiger partial charge is 0.338 e. The number of carbonyl (C=O) groups excluding carboxylic acids is 3. The van der Waals surface area contributed by atoms with Gasteiger partial charge in [-0.2, -0.15) is 0 Å². The number of esters is 1. The van der Waals surface area contributed by atoms with Gasteiger partial charge in [-0.15, -0.1) is 0 Å². The van der Waals surface area contributed by atoms with Crippen LogP contribution in [0.2, 0.25) is 0 Å². The fourth-order valence-electron chi connectivity index (χ4n) is 2.54. The average molecular weight is 377 g/mol. The van der Waals surface area contributed by atoms with Crippen molar-refractivity contribution in [1.29, 1.82) is 0 Å². The molecule has 1 heterocycles. The van der Waals surface area contributed by atoms with Crippen molar-refractivity contribution in [2.75, 3.05) is 5.32 Å². The van der Waals surface area contributed by atoms with Crippen LogP contribution in [0.25, 0.3) is 5.69 Å². The van der Waals surface area contributed by atoms with Crippen LogP contribution in [-0.2, 0) is 9.53 Å². The minimum Gasteiger partial charge on any atom is -0.449 e. The Morgan fingerprint density at radius 2 is 1.64 bits per heavy atom. The second-order valence-electron chi connectivity index (χ2n) is 6.12. The number of primary amides is 1. The maximum Gasteiger partial charge on any atom is 0.338 e. The molecule has 0 radical (unpaired) electrons. The fraction of sp³-hybridized carbons (Fsp3) is 0.0952. The highest BCUT2D eigenvalue weighted by molar-refractivity contribution is 5.98. The van der Waals surface area contributed by atoms with E-state index in [1.165, 1.54) is 19.1 Å². The number of anilines is 1. The first-order valence-corrected chi connectivity index (χ1v) is 8.59. The molecule has 0 saturated heterocycles. The highest BCUT2D eigenvalue weighted by Crippen LogP contribution is 2.14. The zero-order valence-electron chi connectivity index (χ0n) is 15.2. The summed E-state index contributed by atoms with van der Waals surface area (Å²) in [5, 5.41) is 2.63. The molecule has 142 valence electrons. The number of nitrogens with zero attached hydrogens (tertiary/aromatic N) is 1. The SMILES string of the molecule is C[C@@H](OC(=O)c1cccc(-n2cccc2)c1)C(=O)Nc1ccc(C(N)=O)cc1. The lowest BCUT2D eigenvalue weighted by atomic mass is 10.2. The number of aromatic nitrogens is 1. The fourth-order valence-corrected chi connectivity index (χ4v) is 2.54. The van der Waals surface area contributed by atoms with E-state index in [0.29, 0.717) is 16.8 Å². The third-order valence-corrected chi connectivity index (χ3v) is 4.07. The lowest BCUT2D eigenvalue weighted by Crippen LogP contribution is -2.30. The van der Waals surface area contributed by atoms with E-state index in [4.69, 9.17) is 10.5 Å². The third-order valence-electron chi connectivity index (χ3n) is 4.07.